The van der Waals surface area contributed by atoms with Gasteiger partial charge in [-0.1, -0.05) is 12.1 Å². The third kappa shape index (κ3) is 4.28. The fraction of sp³-hybridized carbons (Fsp3) is 0.500. The van der Waals surface area contributed by atoms with Gasteiger partial charge in [0.1, 0.15) is 5.01 Å². The molecule has 136 valence electrons. The number of aromatic nitrogens is 1. The van der Waals surface area contributed by atoms with Crippen LogP contribution in [0.3, 0.4) is 0 Å². The minimum absolute atomic E-state index is 0.159. The Balaban J connectivity index is 1.74. The van der Waals surface area contributed by atoms with Gasteiger partial charge in [-0.15, -0.1) is 11.3 Å². The first kappa shape index (κ1) is 18.5. The summed E-state index contributed by atoms with van der Waals surface area (Å²) >= 11 is 1.56. The van der Waals surface area contributed by atoms with Gasteiger partial charge in [-0.2, -0.15) is 0 Å². The lowest BCUT2D eigenvalue weighted by Gasteiger charge is -2.33. The topological polar surface area (TPSA) is 70.5 Å². The number of nitrogens with zero attached hydrogens (tertiary/aromatic N) is 2. The molecule has 0 unspecified atom stereocenters. The summed E-state index contributed by atoms with van der Waals surface area (Å²) < 4.78 is 23.1. The van der Waals surface area contributed by atoms with E-state index < -0.39 is 15.4 Å². The van der Waals surface area contributed by atoms with Gasteiger partial charge in [0.25, 0.3) is 0 Å². The van der Waals surface area contributed by atoms with E-state index in [0.29, 0.717) is 4.90 Å². The minimum Gasteiger partial charge on any atom is -0.389 e. The Morgan fingerprint density at radius 2 is 2.00 bits per heavy atom. The van der Waals surface area contributed by atoms with E-state index in [4.69, 9.17) is 4.98 Å². The summed E-state index contributed by atoms with van der Waals surface area (Å²) in [6.45, 7) is 5.44. The lowest BCUT2D eigenvalue weighted by atomic mass is 9.96. The molecule has 1 aromatic carbocycles. The van der Waals surface area contributed by atoms with Gasteiger partial charge in [0.2, 0.25) is 0 Å². The molecule has 0 saturated carbocycles. The van der Waals surface area contributed by atoms with E-state index in [1.54, 1.807) is 35.6 Å². The zero-order chi connectivity index (χ0) is 18.2. The van der Waals surface area contributed by atoms with Crippen molar-refractivity contribution in [2.75, 3.05) is 12.8 Å². The molecular formula is C18H24N2O3S2. The van der Waals surface area contributed by atoms with Gasteiger partial charge < -0.3 is 5.11 Å². The van der Waals surface area contributed by atoms with Gasteiger partial charge in [0, 0.05) is 29.8 Å². The highest BCUT2D eigenvalue weighted by Crippen LogP contribution is 2.30. The number of aliphatic hydroxyl groups is 1. The Hall–Kier alpha value is -1.28. The summed E-state index contributed by atoms with van der Waals surface area (Å²) in [7, 11) is -3.18. The first-order valence-corrected chi connectivity index (χ1v) is 11.1. The number of likely N-dealkylation sites (tertiary alicyclic amines) is 1. The zero-order valence-electron chi connectivity index (χ0n) is 14.8. The molecule has 1 saturated heterocycles. The van der Waals surface area contributed by atoms with Crippen LogP contribution in [0, 0.1) is 0 Å². The maximum Gasteiger partial charge on any atom is 0.175 e. The van der Waals surface area contributed by atoms with Crippen LogP contribution in [0.5, 0.6) is 0 Å². The first-order chi connectivity index (χ1) is 11.6. The first-order valence-electron chi connectivity index (χ1n) is 8.36. The van der Waals surface area contributed by atoms with Gasteiger partial charge in [0.15, 0.2) is 9.84 Å². The average Bonchev–Trinajstić information content (AvgIpc) is 3.16. The number of rotatable bonds is 5. The monoisotopic (exact) mass is 380 g/mol. The molecule has 0 spiro atoms. The van der Waals surface area contributed by atoms with Gasteiger partial charge in [0.05, 0.1) is 16.2 Å². The number of hydrogen-bond acceptors (Lipinski definition) is 6. The summed E-state index contributed by atoms with van der Waals surface area (Å²) in [5, 5.41) is 13.3. The molecular weight excluding hydrogens is 356 g/mol. The van der Waals surface area contributed by atoms with Crippen LogP contribution in [-0.4, -0.2) is 47.9 Å². The van der Waals surface area contributed by atoms with E-state index in [1.165, 1.54) is 6.26 Å². The van der Waals surface area contributed by atoms with E-state index in [0.717, 1.165) is 42.2 Å². The third-order valence-corrected chi connectivity index (χ3v) is 6.69. The van der Waals surface area contributed by atoms with Crippen LogP contribution in [0.2, 0.25) is 0 Å². The van der Waals surface area contributed by atoms with Crippen LogP contribution in [-0.2, 0) is 16.4 Å². The van der Waals surface area contributed by atoms with E-state index >= 15 is 0 Å². The Morgan fingerprint density at radius 1 is 1.32 bits per heavy atom. The minimum atomic E-state index is -3.18. The molecule has 2 heterocycles. The molecule has 1 N–H and O–H groups in total. The highest BCUT2D eigenvalue weighted by Gasteiger charge is 2.35. The van der Waals surface area contributed by atoms with Crippen molar-refractivity contribution in [3.05, 3.63) is 35.3 Å². The molecule has 1 fully saturated rings. The maximum atomic E-state index is 11.6. The number of benzene rings is 1. The third-order valence-electron chi connectivity index (χ3n) is 4.63. The van der Waals surface area contributed by atoms with Crippen LogP contribution in [0.25, 0.3) is 10.6 Å². The molecule has 7 heteroatoms. The second-order valence-corrected chi connectivity index (χ2v) is 10.1. The van der Waals surface area contributed by atoms with Crippen molar-refractivity contribution >= 4 is 21.2 Å². The molecule has 0 aliphatic carbocycles. The number of thiazole rings is 1. The second-order valence-electron chi connectivity index (χ2n) is 7.22. The fourth-order valence-electron chi connectivity index (χ4n) is 3.38. The van der Waals surface area contributed by atoms with E-state index in [9.17, 15) is 13.5 Å². The summed E-state index contributed by atoms with van der Waals surface area (Å²) in [4.78, 5) is 7.31. The average molecular weight is 381 g/mol. The normalized spacial score (nSPS) is 19.4. The highest BCUT2D eigenvalue weighted by atomic mass is 32.2. The van der Waals surface area contributed by atoms with Crippen molar-refractivity contribution in [3.8, 4) is 10.6 Å². The summed E-state index contributed by atoms with van der Waals surface area (Å²) in [6, 6.07) is 7.00. The molecule has 3 rings (SSSR count). The Kier molecular flexibility index (Phi) is 5.03. The standard InChI is InChI=1S/C18H24N2O3S2/c1-18(2,21)16-5-4-10-20(16)11-14-12-24-17(19-14)13-6-8-15(9-7-13)25(3,22)23/h6-9,12,16,21H,4-5,10-11H2,1-3H3/t16-/m0/s1. The summed E-state index contributed by atoms with van der Waals surface area (Å²) in [6.07, 6.45) is 3.31. The Morgan fingerprint density at radius 3 is 2.60 bits per heavy atom. The lowest BCUT2D eigenvalue weighted by molar-refractivity contribution is -0.00530. The smallest absolute Gasteiger partial charge is 0.175 e. The van der Waals surface area contributed by atoms with Crippen molar-refractivity contribution in [2.24, 2.45) is 0 Å². The van der Waals surface area contributed by atoms with Gasteiger partial charge in [-0.3, -0.25) is 4.90 Å². The van der Waals surface area contributed by atoms with Gasteiger partial charge >= 0.3 is 0 Å². The van der Waals surface area contributed by atoms with Crippen LogP contribution in [0.4, 0.5) is 0 Å². The molecule has 0 radical (unpaired) electrons. The summed E-state index contributed by atoms with van der Waals surface area (Å²) in [5.74, 6) is 0. The quantitative estimate of drug-likeness (QED) is 0.864. The van der Waals surface area contributed by atoms with Crippen LogP contribution in [0.1, 0.15) is 32.4 Å². The largest absolute Gasteiger partial charge is 0.389 e. The van der Waals surface area contributed by atoms with Crippen molar-refractivity contribution in [1.29, 1.82) is 0 Å². The number of hydrogen-bond donors (Lipinski definition) is 1. The molecule has 1 aromatic heterocycles. The van der Waals surface area contributed by atoms with Gasteiger partial charge in [-0.05, 0) is 45.4 Å². The fourth-order valence-corrected chi connectivity index (χ4v) is 4.83. The SMILES string of the molecule is CC(C)(O)[C@@H]1CCCN1Cc1csc(-c2ccc(S(C)(=O)=O)cc2)n1. The van der Waals surface area contributed by atoms with Crippen LogP contribution in [0.15, 0.2) is 34.5 Å². The maximum absolute atomic E-state index is 11.6. The molecule has 1 atom stereocenters. The number of sulfone groups is 1. The lowest BCUT2D eigenvalue weighted by Crippen LogP contribution is -2.45. The molecule has 25 heavy (non-hydrogen) atoms. The highest BCUT2D eigenvalue weighted by molar-refractivity contribution is 7.90. The molecule has 0 bridgehead atoms. The van der Waals surface area contributed by atoms with Crippen molar-refractivity contribution < 1.29 is 13.5 Å². The predicted molar refractivity (Wildman–Crippen MR) is 100 cm³/mol. The molecule has 0 amide bonds. The molecule has 1 aliphatic rings. The van der Waals surface area contributed by atoms with Crippen molar-refractivity contribution in [3.63, 3.8) is 0 Å². The Bertz CT molecular complexity index is 836. The second kappa shape index (κ2) is 6.79. The van der Waals surface area contributed by atoms with Crippen molar-refractivity contribution in [1.82, 2.24) is 9.88 Å². The molecule has 1 aliphatic heterocycles. The Labute approximate surface area is 153 Å². The van der Waals surface area contributed by atoms with Crippen LogP contribution >= 0.6 is 11.3 Å². The molecule has 5 nitrogen and oxygen atoms in total. The van der Waals surface area contributed by atoms with E-state index in [2.05, 4.69) is 4.90 Å². The van der Waals surface area contributed by atoms with E-state index in [-0.39, 0.29) is 6.04 Å². The van der Waals surface area contributed by atoms with Crippen LogP contribution < -0.4 is 0 Å². The summed E-state index contributed by atoms with van der Waals surface area (Å²) in [5.41, 5.74) is 1.20. The van der Waals surface area contributed by atoms with Gasteiger partial charge in [-0.25, -0.2) is 13.4 Å². The zero-order valence-corrected chi connectivity index (χ0v) is 16.4. The molecule has 2 aromatic rings. The van der Waals surface area contributed by atoms with E-state index in [1.807, 2.05) is 19.2 Å². The predicted octanol–water partition coefficient (Wildman–Crippen LogP) is 2.95. The van der Waals surface area contributed by atoms with Crippen molar-refractivity contribution in [2.45, 2.75) is 49.8 Å².